The van der Waals surface area contributed by atoms with E-state index in [1.165, 1.54) is 14.3 Å². The number of anilines is 1. The summed E-state index contributed by atoms with van der Waals surface area (Å²) in [5.74, 6) is -2.44. The van der Waals surface area contributed by atoms with Crippen LogP contribution < -0.4 is 16.3 Å². The maximum Gasteiger partial charge on any atom is 0.352 e. The topological polar surface area (TPSA) is 107 Å². The van der Waals surface area contributed by atoms with Gasteiger partial charge >= 0.3 is 11.4 Å². The monoisotopic (exact) mass is 680 g/mol. The van der Waals surface area contributed by atoms with Crippen LogP contribution in [-0.2, 0) is 21.5 Å². The van der Waals surface area contributed by atoms with E-state index < -0.39 is 46.5 Å². The number of amides is 2. The number of fused-ring (bicyclic) bond motifs is 5. The largest absolute Gasteiger partial charge is 0.507 e. The number of halogens is 1. The van der Waals surface area contributed by atoms with Gasteiger partial charge in [-0.3, -0.25) is 9.59 Å². The summed E-state index contributed by atoms with van der Waals surface area (Å²) in [6.45, 7) is 0.0853. The van der Waals surface area contributed by atoms with Crippen LogP contribution in [0.5, 0.6) is 5.75 Å². The number of aromatic hydroxyl groups is 1. The Balaban J connectivity index is 1.37. The molecule has 2 amide bonds. The number of rotatable bonds is 4. The van der Waals surface area contributed by atoms with Gasteiger partial charge in [0.2, 0.25) is 11.8 Å². The molecule has 1 saturated carbocycles. The van der Waals surface area contributed by atoms with E-state index in [1.807, 2.05) is 72.8 Å². The Labute approximate surface area is 290 Å². The molecule has 3 aliphatic rings. The first kappa shape index (κ1) is 30.2. The van der Waals surface area contributed by atoms with Crippen molar-refractivity contribution in [1.29, 1.82) is 0 Å². The number of imide groups is 1. The molecule has 0 spiro atoms. The fraction of sp³-hybridized carbons (Fsp3) is 0.150. The van der Waals surface area contributed by atoms with Crippen LogP contribution in [0.3, 0.4) is 0 Å². The molecule has 50 heavy (non-hydrogen) atoms. The zero-order chi connectivity index (χ0) is 34.3. The van der Waals surface area contributed by atoms with Crippen molar-refractivity contribution < 1.29 is 14.7 Å². The number of carbonyl (C=O) groups is 2. The van der Waals surface area contributed by atoms with Crippen molar-refractivity contribution in [2.75, 3.05) is 4.90 Å². The number of phenols is 1. The van der Waals surface area contributed by atoms with Crippen molar-refractivity contribution in [3.8, 4) is 11.4 Å². The van der Waals surface area contributed by atoms with Crippen molar-refractivity contribution in [2.45, 2.75) is 30.3 Å². The normalized spacial score (nSPS) is 22.6. The molecule has 9 nitrogen and oxygen atoms in total. The average molecular weight is 681 g/mol. The molecule has 10 heteroatoms. The van der Waals surface area contributed by atoms with E-state index in [-0.39, 0.29) is 18.7 Å². The van der Waals surface area contributed by atoms with Crippen LogP contribution in [0.4, 0.5) is 5.69 Å². The summed E-state index contributed by atoms with van der Waals surface area (Å²) >= 11 is 6.41. The predicted molar refractivity (Wildman–Crippen MR) is 190 cm³/mol. The van der Waals surface area contributed by atoms with Crippen LogP contribution in [0.1, 0.15) is 29.5 Å². The number of benzene rings is 5. The van der Waals surface area contributed by atoms with Crippen molar-refractivity contribution in [3.05, 3.63) is 170 Å². The van der Waals surface area contributed by atoms with Crippen LogP contribution in [0.15, 0.2) is 143 Å². The molecule has 0 radical (unpaired) electrons. The number of hydrogen-bond acceptors (Lipinski definition) is 5. The highest BCUT2D eigenvalue weighted by Gasteiger charge is 2.68. The minimum atomic E-state index is -1.45. The SMILES string of the molecule is O=C1[C@@H]2C[C@@H]3C(=CCn4c(=O)n(-c5ccccc5)c(=O)n43)[C@H](c3ccc(O)c4ccccc34)[C@]2(c2ccccc2)C(=O)N1c1cccc(Cl)c1. The fourth-order valence-corrected chi connectivity index (χ4v) is 8.89. The molecule has 2 fully saturated rings. The summed E-state index contributed by atoms with van der Waals surface area (Å²) < 4.78 is 4.04. The smallest absolute Gasteiger partial charge is 0.352 e. The zero-order valence-corrected chi connectivity index (χ0v) is 27.3. The number of hydrogen-bond donors (Lipinski definition) is 1. The molecule has 2 aliphatic heterocycles. The summed E-state index contributed by atoms with van der Waals surface area (Å²) in [5, 5.41) is 12.7. The predicted octanol–water partition coefficient (Wildman–Crippen LogP) is 6.11. The van der Waals surface area contributed by atoms with Gasteiger partial charge in [-0.2, -0.15) is 0 Å². The minimum Gasteiger partial charge on any atom is -0.507 e. The summed E-state index contributed by atoms with van der Waals surface area (Å²) in [6, 6.07) is 34.9. The van der Waals surface area contributed by atoms with Gasteiger partial charge in [0.1, 0.15) is 5.75 Å². The van der Waals surface area contributed by atoms with Gasteiger partial charge in [0.05, 0.1) is 35.3 Å². The van der Waals surface area contributed by atoms with Crippen LogP contribution in [-0.4, -0.2) is 30.9 Å². The Bertz CT molecular complexity index is 2540. The molecule has 1 N–H and O–H groups in total. The Kier molecular flexibility index (Phi) is 6.66. The van der Waals surface area contributed by atoms with E-state index in [2.05, 4.69) is 0 Å². The Morgan fingerprint density at radius 2 is 1.40 bits per heavy atom. The number of para-hydroxylation sites is 1. The van der Waals surface area contributed by atoms with Gasteiger partial charge in [0.25, 0.3) is 0 Å². The molecule has 1 aromatic heterocycles. The van der Waals surface area contributed by atoms with Crippen LogP contribution in [0.2, 0.25) is 5.02 Å². The summed E-state index contributed by atoms with van der Waals surface area (Å²) in [7, 11) is 0. The lowest BCUT2D eigenvalue weighted by Gasteiger charge is -2.49. The number of aromatic nitrogens is 3. The highest BCUT2D eigenvalue weighted by Crippen LogP contribution is 2.63. The van der Waals surface area contributed by atoms with E-state index >= 15 is 4.79 Å². The van der Waals surface area contributed by atoms with E-state index in [9.17, 15) is 19.5 Å². The third-order valence-electron chi connectivity index (χ3n) is 10.7. The van der Waals surface area contributed by atoms with Crippen LogP contribution in [0.25, 0.3) is 16.5 Å². The highest BCUT2D eigenvalue weighted by molar-refractivity contribution is 6.32. The molecule has 5 aromatic carbocycles. The van der Waals surface area contributed by atoms with Gasteiger partial charge in [-0.15, -0.1) is 0 Å². The number of nitrogens with zero attached hydrogens (tertiary/aromatic N) is 4. The van der Waals surface area contributed by atoms with Crippen LogP contribution in [0, 0.1) is 5.92 Å². The third-order valence-corrected chi connectivity index (χ3v) is 10.9. The standard InChI is InChI=1S/C40H29ClN4O5/c41-25-12-9-15-27(22-25)43-36(47)32-23-33-31(20-21-42-38(49)44(39(50)45(33)42)26-13-5-2-6-14-26)35(40(32,37(43)48)24-10-3-1-4-11-24)30-18-19-34(46)29-17-8-7-16-28(29)30/h1-20,22,32-33,35,46H,21,23H2/t32-,33+,35-,40+/m0/s1. The first-order valence-electron chi connectivity index (χ1n) is 16.4. The van der Waals surface area contributed by atoms with Gasteiger partial charge < -0.3 is 5.11 Å². The number of carbonyl (C=O) groups excluding carboxylic acids is 2. The third kappa shape index (κ3) is 4.01. The van der Waals surface area contributed by atoms with Crippen molar-refractivity contribution in [2.24, 2.45) is 5.92 Å². The van der Waals surface area contributed by atoms with E-state index in [0.29, 0.717) is 32.7 Å². The second kappa shape index (κ2) is 11.0. The lowest BCUT2D eigenvalue weighted by molar-refractivity contribution is -0.124. The first-order valence-corrected chi connectivity index (χ1v) is 16.8. The Hall–Kier alpha value is -5.93. The number of allylic oxidation sites excluding steroid dienone is 2. The van der Waals surface area contributed by atoms with E-state index in [1.54, 1.807) is 54.6 Å². The van der Waals surface area contributed by atoms with Crippen molar-refractivity contribution >= 4 is 39.9 Å². The highest BCUT2D eigenvalue weighted by atomic mass is 35.5. The molecule has 1 aliphatic carbocycles. The lowest BCUT2D eigenvalue weighted by atomic mass is 9.53. The molecule has 246 valence electrons. The molecular weight excluding hydrogens is 652 g/mol. The number of phenolic OH excluding ortho intramolecular Hbond substituents is 1. The van der Waals surface area contributed by atoms with Gasteiger partial charge in [-0.1, -0.05) is 103 Å². The van der Waals surface area contributed by atoms with E-state index in [4.69, 9.17) is 11.6 Å². The second-order valence-electron chi connectivity index (χ2n) is 13.0. The molecule has 9 rings (SSSR count). The van der Waals surface area contributed by atoms with Crippen molar-refractivity contribution in [1.82, 2.24) is 13.9 Å². The van der Waals surface area contributed by atoms with Gasteiger partial charge in [0.15, 0.2) is 0 Å². The minimum absolute atomic E-state index is 0.0824. The molecular formula is C40H29ClN4O5. The lowest BCUT2D eigenvalue weighted by Crippen LogP contribution is -2.53. The van der Waals surface area contributed by atoms with E-state index in [0.717, 1.165) is 15.7 Å². The molecule has 4 atom stereocenters. The van der Waals surface area contributed by atoms with Crippen LogP contribution >= 0.6 is 11.6 Å². The van der Waals surface area contributed by atoms with Gasteiger partial charge in [0, 0.05) is 16.3 Å². The van der Waals surface area contributed by atoms with Crippen molar-refractivity contribution in [3.63, 3.8) is 0 Å². The summed E-state index contributed by atoms with van der Waals surface area (Å²) in [5.41, 5.74) is 0.467. The van der Waals surface area contributed by atoms with Gasteiger partial charge in [-0.05, 0) is 64.9 Å². The maximum atomic E-state index is 15.5. The zero-order valence-electron chi connectivity index (χ0n) is 26.5. The molecule has 1 saturated heterocycles. The summed E-state index contributed by atoms with van der Waals surface area (Å²) in [4.78, 5) is 59.9. The molecule has 6 aromatic rings. The molecule has 0 unspecified atom stereocenters. The molecule has 0 bridgehead atoms. The maximum absolute atomic E-state index is 15.5. The second-order valence-corrected chi connectivity index (χ2v) is 13.5. The Morgan fingerprint density at radius 3 is 2.14 bits per heavy atom. The Morgan fingerprint density at radius 1 is 0.720 bits per heavy atom. The average Bonchev–Trinajstić information content (AvgIpc) is 3.53. The first-order chi connectivity index (χ1) is 24.3. The van der Waals surface area contributed by atoms with Gasteiger partial charge in [-0.25, -0.2) is 28.4 Å². The fourth-order valence-electron chi connectivity index (χ4n) is 8.71. The molecule has 3 heterocycles. The summed E-state index contributed by atoms with van der Waals surface area (Å²) in [6.07, 6.45) is 2.03. The quantitative estimate of drug-likeness (QED) is 0.179.